The highest BCUT2D eigenvalue weighted by Crippen LogP contribution is 2.55. The van der Waals surface area contributed by atoms with Crippen molar-refractivity contribution < 1.29 is 23.8 Å². The highest BCUT2D eigenvalue weighted by atomic mass is 16.6. The summed E-state index contributed by atoms with van der Waals surface area (Å²) in [5.74, 6) is -0.374. The molecule has 2 aromatic carbocycles. The Bertz CT molecular complexity index is 896. The molecule has 5 rings (SSSR count). The Morgan fingerprint density at radius 1 is 0.759 bits per heavy atom. The molecule has 2 aromatic rings. The molecular weight excluding hydrogens is 368 g/mol. The van der Waals surface area contributed by atoms with Crippen molar-refractivity contribution in [2.24, 2.45) is 17.8 Å². The van der Waals surface area contributed by atoms with Gasteiger partial charge in [0.25, 0.3) is 0 Å². The van der Waals surface area contributed by atoms with Crippen LogP contribution in [0.2, 0.25) is 0 Å². The van der Waals surface area contributed by atoms with E-state index in [-0.39, 0.29) is 41.9 Å². The van der Waals surface area contributed by atoms with Crippen molar-refractivity contribution >= 4 is 11.9 Å². The number of benzene rings is 2. The molecule has 2 saturated heterocycles. The molecule has 150 valence electrons. The van der Waals surface area contributed by atoms with E-state index in [2.05, 4.69) is 6.92 Å². The van der Waals surface area contributed by atoms with Crippen LogP contribution in [0, 0.1) is 17.8 Å². The van der Waals surface area contributed by atoms with E-state index in [0.717, 1.165) is 12.8 Å². The van der Waals surface area contributed by atoms with Crippen LogP contribution in [0.3, 0.4) is 0 Å². The molecule has 0 N–H and O–H groups in total. The van der Waals surface area contributed by atoms with Gasteiger partial charge in [-0.15, -0.1) is 0 Å². The van der Waals surface area contributed by atoms with Gasteiger partial charge in [0.05, 0.1) is 23.3 Å². The molecule has 29 heavy (non-hydrogen) atoms. The van der Waals surface area contributed by atoms with Gasteiger partial charge in [0.15, 0.2) is 0 Å². The average molecular weight is 392 g/mol. The van der Waals surface area contributed by atoms with Gasteiger partial charge in [-0.25, -0.2) is 9.59 Å². The minimum atomic E-state index is -0.495. The molecule has 0 aromatic heterocycles. The molecule has 1 aliphatic carbocycles. The SMILES string of the molecule is CC1C(OC(=O)c2ccccc2)C(OC(=O)c2ccccc2)C2C3CCC(O3)C12. The maximum absolute atomic E-state index is 12.8. The largest absolute Gasteiger partial charge is 0.455 e. The molecule has 3 fully saturated rings. The van der Waals surface area contributed by atoms with E-state index in [4.69, 9.17) is 14.2 Å². The number of rotatable bonds is 4. The Labute approximate surface area is 170 Å². The van der Waals surface area contributed by atoms with Gasteiger partial charge < -0.3 is 14.2 Å². The van der Waals surface area contributed by atoms with Crippen molar-refractivity contribution in [2.75, 3.05) is 0 Å². The van der Waals surface area contributed by atoms with Crippen LogP contribution < -0.4 is 0 Å². The fraction of sp³-hybridized carbons (Fsp3) is 0.417. The fourth-order valence-electron chi connectivity index (χ4n) is 5.46. The third kappa shape index (κ3) is 3.14. The molecule has 0 spiro atoms. The highest BCUT2D eigenvalue weighted by Gasteiger charge is 2.64. The predicted octanol–water partition coefficient (Wildman–Crippen LogP) is 3.88. The van der Waals surface area contributed by atoms with E-state index in [9.17, 15) is 9.59 Å². The lowest BCUT2D eigenvalue weighted by molar-refractivity contribution is -0.0598. The molecule has 2 aliphatic heterocycles. The predicted molar refractivity (Wildman–Crippen MR) is 105 cm³/mol. The van der Waals surface area contributed by atoms with Gasteiger partial charge in [-0.3, -0.25) is 0 Å². The Morgan fingerprint density at radius 2 is 1.24 bits per heavy atom. The van der Waals surface area contributed by atoms with Crippen LogP contribution in [0.5, 0.6) is 0 Å². The molecular formula is C24H24O5. The summed E-state index contributed by atoms with van der Waals surface area (Å²) in [6.45, 7) is 2.08. The van der Waals surface area contributed by atoms with Crippen molar-refractivity contribution in [2.45, 2.75) is 44.2 Å². The van der Waals surface area contributed by atoms with Gasteiger partial charge in [0.1, 0.15) is 12.2 Å². The first-order valence-electron chi connectivity index (χ1n) is 10.3. The highest BCUT2D eigenvalue weighted by molar-refractivity contribution is 5.90. The van der Waals surface area contributed by atoms with Crippen molar-refractivity contribution in [1.29, 1.82) is 0 Å². The van der Waals surface area contributed by atoms with Gasteiger partial charge in [0.2, 0.25) is 0 Å². The second kappa shape index (κ2) is 7.30. The fourth-order valence-corrected chi connectivity index (χ4v) is 5.46. The molecule has 0 radical (unpaired) electrons. The molecule has 3 aliphatic rings. The number of fused-ring (bicyclic) bond motifs is 5. The van der Waals surface area contributed by atoms with Crippen LogP contribution in [0.1, 0.15) is 40.5 Å². The second-order valence-corrected chi connectivity index (χ2v) is 8.28. The van der Waals surface area contributed by atoms with E-state index in [0.29, 0.717) is 11.1 Å². The topological polar surface area (TPSA) is 61.8 Å². The third-order valence-corrected chi connectivity index (χ3v) is 6.72. The maximum atomic E-state index is 12.8. The summed E-state index contributed by atoms with van der Waals surface area (Å²) in [6.07, 6.45) is 1.26. The summed E-state index contributed by atoms with van der Waals surface area (Å²) in [4.78, 5) is 25.6. The number of hydrogen-bond acceptors (Lipinski definition) is 5. The molecule has 1 saturated carbocycles. The van der Waals surface area contributed by atoms with Crippen LogP contribution >= 0.6 is 0 Å². The molecule has 2 heterocycles. The Morgan fingerprint density at radius 3 is 1.79 bits per heavy atom. The molecule has 5 nitrogen and oxygen atoms in total. The van der Waals surface area contributed by atoms with Gasteiger partial charge >= 0.3 is 11.9 Å². The molecule has 0 amide bonds. The summed E-state index contributed by atoms with van der Waals surface area (Å²) in [5, 5.41) is 0. The van der Waals surface area contributed by atoms with Gasteiger partial charge in [-0.2, -0.15) is 0 Å². The summed E-state index contributed by atoms with van der Waals surface area (Å²) in [6, 6.07) is 17.9. The van der Waals surface area contributed by atoms with Crippen molar-refractivity contribution in [3.8, 4) is 0 Å². The molecule has 7 atom stereocenters. The number of ether oxygens (including phenoxy) is 3. The minimum absolute atomic E-state index is 0.0662. The third-order valence-electron chi connectivity index (χ3n) is 6.72. The van der Waals surface area contributed by atoms with Crippen molar-refractivity contribution in [3.05, 3.63) is 71.8 Å². The molecule has 5 heteroatoms. The first-order chi connectivity index (χ1) is 14.1. The normalized spacial score (nSPS) is 34.6. The monoisotopic (exact) mass is 392 g/mol. The second-order valence-electron chi connectivity index (χ2n) is 8.28. The van der Waals surface area contributed by atoms with E-state index in [1.54, 1.807) is 24.3 Å². The summed E-state index contributed by atoms with van der Waals surface area (Å²) < 4.78 is 18.1. The molecule has 2 bridgehead atoms. The Balaban J connectivity index is 1.41. The average Bonchev–Trinajstić information content (AvgIpc) is 3.44. The van der Waals surface area contributed by atoms with Crippen molar-refractivity contribution in [3.63, 3.8) is 0 Å². The van der Waals surface area contributed by atoms with E-state index in [1.807, 2.05) is 36.4 Å². The minimum Gasteiger partial charge on any atom is -0.455 e. The maximum Gasteiger partial charge on any atom is 0.338 e. The zero-order valence-corrected chi connectivity index (χ0v) is 16.3. The quantitative estimate of drug-likeness (QED) is 0.739. The number of esters is 2. The summed E-state index contributed by atoms with van der Waals surface area (Å²) in [7, 11) is 0. The zero-order chi connectivity index (χ0) is 20.0. The molecule has 7 unspecified atom stereocenters. The van der Waals surface area contributed by atoms with Crippen LogP contribution in [0.15, 0.2) is 60.7 Å². The lowest BCUT2D eigenvalue weighted by Crippen LogP contribution is -2.39. The number of carbonyl (C=O) groups is 2. The van der Waals surface area contributed by atoms with E-state index >= 15 is 0 Å². The smallest absolute Gasteiger partial charge is 0.338 e. The summed E-state index contributed by atoms with van der Waals surface area (Å²) >= 11 is 0. The van der Waals surface area contributed by atoms with Gasteiger partial charge in [-0.1, -0.05) is 43.3 Å². The Hall–Kier alpha value is -2.66. The summed E-state index contributed by atoms with van der Waals surface area (Å²) in [5.41, 5.74) is 1.00. The zero-order valence-electron chi connectivity index (χ0n) is 16.3. The van der Waals surface area contributed by atoms with E-state index < -0.39 is 12.2 Å². The van der Waals surface area contributed by atoms with Crippen LogP contribution in [0.4, 0.5) is 0 Å². The Kier molecular flexibility index (Phi) is 4.63. The van der Waals surface area contributed by atoms with Crippen LogP contribution in [-0.4, -0.2) is 36.4 Å². The lowest BCUT2D eigenvalue weighted by Gasteiger charge is -2.28. The van der Waals surface area contributed by atoms with Gasteiger partial charge in [0, 0.05) is 17.8 Å². The van der Waals surface area contributed by atoms with Gasteiger partial charge in [-0.05, 0) is 37.1 Å². The standard InChI is InChI=1S/C24H24O5/c1-14-19-17-12-13-18(27-17)20(19)22(29-24(26)16-10-6-3-7-11-16)21(14)28-23(25)15-8-4-2-5-9-15/h2-11,14,17-22H,12-13H2,1H3. The first kappa shape index (κ1) is 18.4. The number of carbonyl (C=O) groups excluding carboxylic acids is 2. The van der Waals surface area contributed by atoms with Crippen LogP contribution in [-0.2, 0) is 14.2 Å². The van der Waals surface area contributed by atoms with E-state index in [1.165, 1.54) is 0 Å². The first-order valence-corrected chi connectivity index (χ1v) is 10.3. The van der Waals surface area contributed by atoms with Crippen molar-refractivity contribution in [1.82, 2.24) is 0 Å². The van der Waals surface area contributed by atoms with Crippen LogP contribution in [0.25, 0.3) is 0 Å². The number of hydrogen-bond donors (Lipinski definition) is 0. The lowest BCUT2D eigenvalue weighted by atomic mass is 9.78.